The first kappa shape index (κ1) is 95.4. The van der Waals surface area contributed by atoms with Gasteiger partial charge < -0.3 is 89.9 Å². The SMILES string of the molecule is CC/C=C\C/C=C\C/C=C\C/C=C\C/C=C\C/C=C\C/C=C\CCCCCCCCCCCCCCCC(=O)NC(COC1OC(CO)C(OC2OC(CO)C(OC3OC(CO)C(O)C(O)C3O)C(O)C2O)C(O)C1O)C(O)/C=C/CC/C=C/CC/C=C/CCCCCCCCCCCCCCCCC. The van der Waals surface area contributed by atoms with Gasteiger partial charge in [0.1, 0.15) is 73.2 Å². The minimum absolute atomic E-state index is 0.224. The highest BCUT2D eigenvalue weighted by Crippen LogP contribution is 2.33. The Hall–Kier alpha value is -3.81. The Balaban J connectivity index is 1.38. The van der Waals surface area contributed by atoms with Crippen LogP contribution in [0.3, 0.4) is 0 Å². The largest absolute Gasteiger partial charge is 0.394 e. The molecule has 105 heavy (non-hydrogen) atoms. The van der Waals surface area contributed by atoms with Gasteiger partial charge in [0.05, 0.1) is 38.6 Å². The van der Waals surface area contributed by atoms with E-state index >= 15 is 0 Å². The van der Waals surface area contributed by atoms with Crippen molar-refractivity contribution >= 4 is 5.91 Å². The van der Waals surface area contributed by atoms with Crippen molar-refractivity contribution in [3.63, 3.8) is 0 Å². The highest BCUT2D eigenvalue weighted by atomic mass is 16.8. The van der Waals surface area contributed by atoms with Crippen LogP contribution in [0.5, 0.6) is 0 Å². The number of aliphatic hydroxyl groups excluding tert-OH is 11. The highest BCUT2D eigenvalue weighted by Gasteiger charge is 2.54. The van der Waals surface area contributed by atoms with Crippen LogP contribution in [0, 0.1) is 0 Å². The summed E-state index contributed by atoms with van der Waals surface area (Å²) in [5, 5.41) is 121. The molecule has 3 saturated heterocycles. The van der Waals surface area contributed by atoms with Crippen molar-refractivity contribution in [3.05, 3.63) is 122 Å². The number of amides is 1. The molecule has 0 aromatic rings. The summed E-state index contributed by atoms with van der Waals surface area (Å²) >= 11 is 0. The third-order valence-electron chi connectivity index (χ3n) is 19.7. The molecule has 3 aliphatic heterocycles. The zero-order valence-electron chi connectivity index (χ0n) is 64.7. The molecular formula is C86H147NO18. The Bertz CT molecular complexity index is 2370. The molecule has 19 nitrogen and oxygen atoms in total. The van der Waals surface area contributed by atoms with E-state index < -0.39 is 124 Å². The molecule has 3 aliphatic rings. The summed E-state index contributed by atoms with van der Waals surface area (Å²) in [4.78, 5) is 13.5. The summed E-state index contributed by atoms with van der Waals surface area (Å²) in [5.74, 6) is -0.293. The molecule has 3 heterocycles. The van der Waals surface area contributed by atoms with Gasteiger partial charge in [0.25, 0.3) is 0 Å². The summed E-state index contributed by atoms with van der Waals surface area (Å²) in [6.45, 7) is 1.61. The molecule has 1 amide bonds. The maximum Gasteiger partial charge on any atom is 0.220 e. The van der Waals surface area contributed by atoms with Crippen molar-refractivity contribution in [2.45, 2.75) is 388 Å². The van der Waals surface area contributed by atoms with Gasteiger partial charge in [-0.05, 0) is 103 Å². The van der Waals surface area contributed by atoms with E-state index in [1.165, 1.54) is 148 Å². The number of unbranched alkanes of at least 4 members (excludes halogenated alkanes) is 30. The molecule has 3 fully saturated rings. The number of rotatable bonds is 64. The van der Waals surface area contributed by atoms with Gasteiger partial charge in [-0.3, -0.25) is 4.79 Å². The van der Waals surface area contributed by atoms with Crippen LogP contribution in [-0.4, -0.2) is 193 Å². The van der Waals surface area contributed by atoms with Crippen molar-refractivity contribution < 1.29 is 89.4 Å². The van der Waals surface area contributed by atoms with Crippen LogP contribution in [0.1, 0.15) is 284 Å². The van der Waals surface area contributed by atoms with Gasteiger partial charge in [0.15, 0.2) is 18.9 Å². The van der Waals surface area contributed by atoms with Gasteiger partial charge >= 0.3 is 0 Å². The lowest BCUT2D eigenvalue weighted by molar-refractivity contribution is -0.379. The molecule has 17 atom stereocenters. The first-order valence-corrected chi connectivity index (χ1v) is 41.3. The van der Waals surface area contributed by atoms with E-state index in [1.54, 1.807) is 6.08 Å². The number of hydrogen-bond acceptors (Lipinski definition) is 18. The van der Waals surface area contributed by atoms with E-state index in [1.807, 2.05) is 6.08 Å². The van der Waals surface area contributed by atoms with E-state index in [-0.39, 0.29) is 18.9 Å². The molecule has 12 N–H and O–H groups in total. The minimum atomic E-state index is -1.99. The Morgan fingerprint density at radius 3 is 1.07 bits per heavy atom. The van der Waals surface area contributed by atoms with Gasteiger partial charge in [-0.1, -0.05) is 296 Å². The number of aliphatic hydroxyl groups is 11. The number of hydrogen-bond donors (Lipinski definition) is 12. The Morgan fingerprint density at radius 1 is 0.352 bits per heavy atom. The van der Waals surface area contributed by atoms with E-state index in [0.29, 0.717) is 12.8 Å². The van der Waals surface area contributed by atoms with E-state index in [9.17, 15) is 61.0 Å². The van der Waals surface area contributed by atoms with Crippen LogP contribution in [-0.2, 0) is 33.2 Å². The molecule has 604 valence electrons. The standard InChI is InChI=1S/C86H147NO18/c1-3-5-7-9-11-13-15-17-19-21-23-25-27-29-30-31-32-33-34-35-36-37-38-40-42-44-46-48-50-52-54-56-58-60-62-64-74(92)87-69(70(91)63-61-59-57-55-53-51-49-47-45-43-41-39-28-26-24-22-20-18-16-14-12-10-8-6-4-2)68-100-84-80(98)77(95)82(72(66-89)102-84)105-86-81(99)78(96)83(73(67-90)103-86)104-85-79(97)76(94)75(93)71(65-88)101-85/h5,7,11,13,17,19,23,25,29-30,32-33,35-36,45,47,53,55,61,63,69-73,75-86,88-91,93-99H,3-4,6,8-10,12,14-16,18,20-22,24,26-28,31,34,37-44,46,48-52,54,56-60,62,64-68H2,1-2H3,(H,87,92)/b7-5-,13-11-,19-17-,25-23-,30-29-,33-32-,36-35-,47-45+,55-53+,63-61+. The average molecular weight is 1480 g/mol. The Kier molecular flexibility index (Phi) is 59.0. The second kappa shape index (κ2) is 65.0. The van der Waals surface area contributed by atoms with Crippen LogP contribution < -0.4 is 5.32 Å². The van der Waals surface area contributed by atoms with Crippen molar-refractivity contribution in [1.82, 2.24) is 5.32 Å². The van der Waals surface area contributed by atoms with E-state index in [4.69, 9.17) is 28.4 Å². The predicted molar refractivity (Wildman–Crippen MR) is 420 cm³/mol. The molecule has 0 spiro atoms. The molecule has 0 aliphatic carbocycles. The first-order chi connectivity index (χ1) is 51.3. The lowest BCUT2D eigenvalue weighted by atomic mass is 9.96. The molecule has 17 unspecified atom stereocenters. The molecule has 19 heteroatoms. The summed E-state index contributed by atoms with van der Waals surface area (Å²) < 4.78 is 34.4. The fraction of sp³-hybridized carbons (Fsp3) is 0.756. The maximum absolute atomic E-state index is 13.5. The quantitative estimate of drug-likeness (QED) is 0.0199. The molecule has 0 bridgehead atoms. The molecular weight excluding hydrogens is 1330 g/mol. The van der Waals surface area contributed by atoms with Crippen LogP contribution >= 0.6 is 0 Å². The van der Waals surface area contributed by atoms with Gasteiger partial charge in [0.2, 0.25) is 5.91 Å². The predicted octanol–water partition coefficient (Wildman–Crippen LogP) is 14.3. The number of carbonyl (C=O) groups excluding carboxylic acids is 1. The molecule has 0 radical (unpaired) electrons. The van der Waals surface area contributed by atoms with Crippen molar-refractivity contribution in [3.8, 4) is 0 Å². The fourth-order valence-corrected chi connectivity index (χ4v) is 13.1. The van der Waals surface area contributed by atoms with Gasteiger partial charge in [-0.25, -0.2) is 0 Å². The first-order valence-electron chi connectivity index (χ1n) is 41.3. The summed E-state index contributed by atoms with van der Waals surface area (Å²) in [5.41, 5.74) is 0. The monoisotopic (exact) mass is 1480 g/mol. The summed E-state index contributed by atoms with van der Waals surface area (Å²) in [6.07, 6.45) is 64.7. The van der Waals surface area contributed by atoms with Crippen LogP contribution in [0.25, 0.3) is 0 Å². The third-order valence-corrected chi connectivity index (χ3v) is 19.7. The lowest BCUT2D eigenvalue weighted by Gasteiger charge is -2.48. The second-order valence-corrected chi connectivity index (χ2v) is 28.8. The lowest BCUT2D eigenvalue weighted by Crippen LogP contribution is -2.66. The second-order valence-electron chi connectivity index (χ2n) is 28.8. The normalized spacial score (nSPS) is 26.4. The topological polar surface area (TPSA) is 307 Å². The smallest absolute Gasteiger partial charge is 0.220 e. The Morgan fingerprint density at radius 2 is 0.667 bits per heavy atom. The Labute approximate surface area is 633 Å². The molecule has 3 rings (SSSR count). The highest BCUT2D eigenvalue weighted by molar-refractivity contribution is 5.76. The number of ether oxygens (including phenoxy) is 6. The number of carbonyl (C=O) groups is 1. The van der Waals surface area contributed by atoms with Crippen molar-refractivity contribution in [2.75, 3.05) is 26.4 Å². The molecule has 0 aromatic heterocycles. The zero-order valence-corrected chi connectivity index (χ0v) is 64.7. The van der Waals surface area contributed by atoms with Crippen LogP contribution in [0.2, 0.25) is 0 Å². The maximum atomic E-state index is 13.5. The van der Waals surface area contributed by atoms with E-state index in [0.717, 1.165) is 103 Å². The molecule has 0 aromatic carbocycles. The third kappa shape index (κ3) is 44.6. The zero-order chi connectivity index (χ0) is 76.0. The fourth-order valence-electron chi connectivity index (χ4n) is 13.1. The van der Waals surface area contributed by atoms with Crippen LogP contribution in [0.15, 0.2) is 122 Å². The summed E-state index contributed by atoms with van der Waals surface area (Å²) in [7, 11) is 0. The van der Waals surface area contributed by atoms with Crippen molar-refractivity contribution in [1.29, 1.82) is 0 Å². The van der Waals surface area contributed by atoms with E-state index in [2.05, 4.69) is 129 Å². The van der Waals surface area contributed by atoms with Crippen molar-refractivity contribution in [2.24, 2.45) is 0 Å². The van der Waals surface area contributed by atoms with Gasteiger partial charge in [-0.15, -0.1) is 0 Å². The summed E-state index contributed by atoms with van der Waals surface area (Å²) in [6, 6.07) is -1.01. The van der Waals surface area contributed by atoms with Crippen LogP contribution in [0.4, 0.5) is 0 Å². The molecule has 0 saturated carbocycles. The van der Waals surface area contributed by atoms with Gasteiger partial charge in [-0.2, -0.15) is 0 Å². The number of allylic oxidation sites excluding steroid dienone is 19. The number of nitrogens with one attached hydrogen (secondary N) is 1. The minimum Gasteiger partial charge on any atom is -0.394 e. The van der Waals surface area contributed by atoms with Gasteiger partial charge in [0, 0.05) is 6.42 Å². The average Bonchev–Trinajstić information content (AvgIpc) is 0.781.